The zero-order valence-corrected chi connectivity index (χ0v) is 11.6. The Bertz CT molecular complexity index is 1260. The van der Waals surface area contributed by atoms with E-state index in [4.69, 9.17) is 15.4 Å². The second kappa shape index (κ2) is 5.30. The average Bonchev–Trinajstić information content (AvgIpc) is 3.05. The summed E-state index contributed by atoms with van der Waals surface area (Å²) in [7, 11) is 0. The molecule has 22 heavy (non-hydrogen) atoms. The Morgan fingerprint density at radius 2 is 2.00 bits per heavy atom. The summed E-state index contributed by atoms with van der Waals surface area (Å²) in [4.78, 5) is 3.95. The topological polar surface area (TPSA) is 26.0 Å². The summed E-state index contributed by atoms with van der Waals surface area (Å²) in [5, 5.41) is 1.37. The lowest BCUT2D eigenvalue weighted by molar-refractivity contribution is 0.669. The lowest BCUT2D eigenvalue weighted by atomic mass is 9.95. The molecule has 0 saturated carbocycles. The highest BCUT2D eigenvalue weighted by molar-refractivity contribution is 6.12. The van der Waals surface area contributed by atoms with Gasteiger partial charge in [0.25, 0.3) is 0 Å². The molecule has 0 atom stereocenters. The van der Waals surface area contributed by atoms with E-state index in [1.165, 1.54) is 12.3 Å². The van der Waals surface area contributed by atoms with Crippen molar-refractivity contribution in [3.63, 3.8) is 0 Å². The Hall–Kier alpha value is -2.61. The predicted molar refractivity (Wildman–Crippen MR) is 90.9 cm³/mol. The summed E-state index contributed by atoms with van der Waals surface area (Å²) in [6.07, 6.45) is -5.22. The summed E-state index contributed by atoms with van der Waals surface area (Å²) >= 11 is 0. The number of benzene rings is 2. The smallest absolute Gasteiger partial charge is 0.136 e. The van der Waals surface area contributed by atoms with Crippen molar-refractivity contribution in [1.29, 1.82) is 0 Å². The number of furan rings is 1. The quantitative estimate of drug-likeness (QED) is 0.491. The molecule has 0 radical (unpaired) electrons. The minimum absolute atomic E-state index is 0.0350. The molecule has 0 aliphatic heterocycles. The van der Waals surface area contributed by atoms with Gasteiger partial charge < -0.3 is 4.42 Å². The minimum atomic E-state index is -3.21. The second-order valence-corrected chi connectivity index (χ2v) is 4.87. The van der Waals surface area contributed by atoms with E-state index in [2.05, 4.69) is 4.98 Å². The number of hydrogen-bond donors (Lipinski definition) is 0. The molecule has 2 aromatic carbocycles. The van der Waals surface area contributed by atoms with E-state index in [0.717, 1.165) is 5.39 Å². The van der Waals surface area contributed by atoms with Gasteiger partial charge in [-0.3, -0.25) is 4.98 Å². The predicted octanol–water partition coefficient (Wildman–Crippen LogP) is 5.60. The zero-order chi connectivity index (χ0) is 21.9. The summed E-state index contributed by atoms with van der Waals surface area (Å²) in [5.41, 5.74) is 1.34. The first-order valence-electron chi connectivity index (χ1n) is 10.8. The van der Waals surface area contributed by atoms with Crippen molar-refractivity contribution in [2.75, 3.05) is 0 Å². The maximum atomic E-state index is 8.44. The van der Waals surface area contributed by atoms with Crippen molar-refractivity contribution in [1.82, 2.24) is 4.98 Å². The summed E-state index contributed by atoms with van der Waals surface area (Å²) < 4.78 is 69.8. The van der Waals surface area contributed by atoms with Gasteiger partial charge in [-0.25, -0.2) is 0 Å². The first-order chi connectivity index (χ1) is 14.0. The van der Waals surface area contributed by atoms with Gasteiger partial charge in [0.15, 0.2) is 0 Å². The largest absolute Gasteiger partial charge is 0.456 e. The van der Waals surface area contributed by atoms with Crippen LogP contribution in [-0.4, -0.2) is 4.98 Å². The Kier molecular flexibility index (Phi) is 1.71. The first kappa shape index (κ1) is 7.10. The van der Waals surface area contributed by atoms with Crippen LogP contribution >= 0.6 is 0 Å². The summed E-state index contributed by atoms with van der Waals surface area (Å²) in [5.74, 6) is 0. The van der Waals surface area contributed by atoms with Gasteiger partial charge in [-0.2, -0.15) is 0 Å². The number of aryl methyl sites for hydroxylation is 1. The van der Waals surface area contributed by atoms with Gasteiger partial charge in [-0.1, -0.05) is 43.6 Å². The monoisotopic (exact) mass is 295 g/mol. The summed E-state index contributed by atoms with van der Waals surface area (Å²) in [6, 6.07) is 13.6. The SMILES string of the molecule is [2H]c1nccc(C([2H])([2H])C([2H])([2H])C([2H])([2H])[2H])c1-c1cccc2oc3ccccc3c12. The molecule has 2 heterocycles. The van der Waals surface area contributed by atoms with Crippen LogP contribution in [0.4, 0.5) is 0 Å². The van der Waals surface area contributed by atoms with Crippen LogP contribution in [0.3, 0.4) is 0 Å². The minimum Gasteiger partial charge on any atom is -0.456 e. The highest BCUT2D eigenvalue weighted by Gasteiger charge is 2.14. The Balaban J connectivity index is 2.08. The Labute approximate surface area is 140 Å². The average molecular weight is 295 g/mol. The second-order valence-electron chi connectivity index (χ2n) is 4.87. The van der Waals surface area contributed by atoms with Crippen molar-refractivity contribution in [3.8, 4) is 11.1 Å². The fourth-order valence-corrected chi connectivity index (χ4v) is 2.72. The first-order valence-corrected chi connectivity index (χ1v) is 6.83. The van der Waals surface area contributed by atoms with E-state index in [9.17, 15) is 0 Å². The highest BCUT2D eigenvalue weighted by Crippen LogP contribution is 2.37. The number of para-hydroxylation sites is 1. The van der Waals surface area contributed by atoms with Gasteiger partial charge >= 0.3 is 0 Å². The van der Waals surface area contributed by atoms with Crippen LogP contribution in [0.5, 0.6) is 0 Å². The maximum absolute atomic E-state index is 8.44. The van der Waals surface area contributed by atoms with Crippen LogP contribution < -0.4 is 0 Å². The van der Waals surface area contributed by atoms with Crippen LogP contribution in [0.15, 0.2) is 65.3 Å². The van der Waals surface area contributed by atoms with Crippen molar-refractivity contribution in [3.05, 3.63) is 66.5 Å². The Morgan fingerprint density at radius 1 is 1.09 bits per heavy atom. The molecule has 108 valence electrons. The zero-order valence-electron chi connectivity index (χ0n) is 19.6. The molecule has 0 N–H and O–H groups in total. The molecule has 0 unspecified atom stereocenters. The third kappa shape index (κ3) is 2.00. The molecular formula is C20H17NO. The molecule has 0 amide bonds. The number of rotatable bonds is 3. The van der Waals surface area contributed by atoms with Crippen molar-refractivity contribution in [2.24, 2.45) is 0 Å². The van der Waals surface area contributed by atoms with Crippen LogP contribution in [0.25, 0.3) is 33.1 Å². The van der Waals surface area contributed by atoms with Gasteiger partial charge in [0.05, 0.1) is 1.37 Å². The van der Waals surface area contributed by atoms with Crippen molar-refractivity contribution in [2.45, 2.75) is 19.6 Å². The molecule has 0 bridgehead atoms. The van der Waals surface area contributed by atoms with Crippen molar-refractivity contribution < 1.29 is 15.4 Å². The fraction of sp³-hybridized carbons (Fsp3) is 0.150. The molecule has 0 saturated heterocycles. The molecule has 2 heteroatoms. The summed E-state index contributed by atoms with van der Waals surface area (Å²) in [6.45, 7) is -3.21. The van der Waals surface area contributed by atoms with Gasteiger partial charge in [-0.05, 0) is 35.7 Å². The van der Waals surface area contributed by atoms with Crippen LogP contribution in [0.2, 0.25) is 0 Å². The van der Waals surface area contributed by atoms with Crippen molar-refractivity contribution >= 4 is 21.9 Å². The van der Waals surface area contributed by atoms with E-state index >= 15 is 0 Å². The van der Waals surface area contributed by atoms with Gasteiger partial charge in [0.2, 0.25) is 0 Å². The number of nitrogens with zero attached hydrogens (tertiary/aromatic N) is 1. The van der Waals surface area contributed by atoms with E-state index in [-0.39, 0.29) is 17.3 Å². The van der Waals surface area contributed by atoms with E-state index in [0.29, 0.717) is 22.1 Å². The lowest BCUT2D eigenvalue weighted by Gasteiger charge is -2.09. The number of fused-ring (bicyclic) bond motifs is 3. The number of hydrogen-bond acceptors (Lipinski definition) is 2. The van der Waals surface area contributed by atoms with Gasteiger partial charge in [0, 0.05) is 38.3 Å². The number of pyridine rings is 1. The molecule has 2 aromatic heterocycles. The molecule has 0 spiro atoms. The Morgan fingerprint density at radius 3 is 2.95 bits per heavy atom. The van der Waals surface area contributed by atoms with Crippen LogP contribution in [0, 0.1) is 0 Å². The third-order valence-electron chi connectivity index (χ3n) is 3.63. The lowest BCUT2D eigenvalue weighted by Crippen LogP contribution is -1.91. The van der Waals surface area contributed by atoms with Gasteiger partial charge in [-0.15, -0.1) is 0 Å². The highest BCUT2D eigenvalue weighted by atomic mass is 16.3. The van der Waals surface area contributed by atoms with Crippen LogP contribution in [-0.2, 0) is 6.37 Å². The molecule has 0 fully saturated rings. The third-order valence-corrected chi connectivity index (χ3v) is 3.63. The van der Waals surface area contributed by atoms with E-state index < -0.39 is 19.6 Å². The van der Waals surface area contributed by atoms with Crippen LogP contribution in [0.1, 0.15) is 29.8 Å². The molecule has 4 rings (SSSR count). The number of aromatic nitrogens is 1. The maximum Gasteiger partial charge on any atom is 0.136 e. The molecule has 0 aliphatic rings. The fourth-order valence-electron chi connectivity index (χ4n) is 2.72. The molecule has 0 aliphatic carbocycles. The standard InChI is InChI=1S/C20H17NO/c1-2-6-14-11-12-21-13-17(14)15-8-5-10-19-20(15)16-7-3-4-9-18(16)22-19/h3-5,7-13H,2,6H2,1H3/i1D3,2D2,6D2,13D. The molecule has 2 nitrogen and oxygen atoms in total. The van der Waals surface area contributed by atoms with E-state index in [1.54, 1.807) is 24.3 Å². The molecular weight excluding hydrogens is 270 g/mol. The van der Waals surface area contributed by atoms with E-state index in [1.807, 2.05) is 18.2 Å². The van der Waals surface area contributed by atoms with Gasteiger partial charge in [0.1, 0.15) is 11.2 Å². The normalized spacial score (nSPS) is 18.5. The molecule has 4 aromatic rings.